The van der Waals surface area contributed by atoms with E-state index in [-0.39, 0.29) is 29.1 Å². The molecular weight excluding hydrogens is 457 g/mol. The Kier molecular flexibility index (Phi) is 7.68. The fraction of sp³-hybridized carbons (Fsp3) is 0.480. The number of carbonyl (C=O) groups is 2. The highest BCUT2D eigenvalue weighted by atomic mass is 35.5. The monoisotopic (exact) mass is 487 g/mol. The lowest BCUT2D eigenvalue weighted by atomic mass is 9.78. The number of piperidine rings is 1. The number of rotatable bonds is 6. The Morgan fingerprint density at radius 3 is 2.50 bits per heavy atom. The molecule has 1 aromatic carbocycles. The molecule has 0 radical (unpaired) electrons. The second-order valence-corrected chi connectivity index (χ2v) is 9.75. The van der Waals surface area contributed by atoms with Crippen LogP contribution in [-0.2, 0) is 10.2 Å². The van der Waals surface area contributed by atoms with E-state index in [9.17, 15) is 14.0 Å². The molecule has 182 valence electrons. The van der Waals surface area contributed by atoms with E-state index in [2.05, 4.69) is 15.6 Å². The highest BCUT2D eigenvalue weighted by Gasteiger charge is 2.38. The molecule has 7 nitrogen and oxygen atoms in total. The highest BCUT2D eigenvalue weighted by molar-refractivity contribution is 6.31. The van der Waals surface area contributed by atoms with Crippen LogP contribution in [0.3, 0.4) is 0 Å². The third-order valence-corrected chi connectivity index (χ3v) is 7.55. The van der Waals surface area contributed by atoms with Crippen LogP contribution in [0.2, 0.25) is 5.02 Å². The molecule has 2 aliphatic rings. The first-order chi connectivity index (χ1) is 16.4. The smallest absolute Gasteiger partial charge is 0.321 e. The van der Waals surface area contributed by atoms with Crippen molar-refractivity contribution in [2.45, 2.75) is 50.0 Å². The summed E-state index contributed by atoms with van der Waals surface area (Å²) in [6.45, 7) is 1.51. The van der Waals surface area contributed by atoms with E-state index in [1.165, 1.54) is 12.1 Å². The predicted octanol–water partition coefficient (Wildman–Crippen LogP) is 4.07. The van der Waals surface area contributed by atoms with Crippen LogP contribution in [0.4, 0.5) is 14.9 Å². The third-order valence-electron chi connectivity index (χ3n) is 7.23. The van der Waals surface area contributed by atoms with Crippen LogP contribution in [-0.4, -0.2) is 47.5 Å². The number of benzene rings is 1. The Hall–Kier alpha value is -2.71. The summed E-state index contributed by atoms with van der Waals surface area (Å²) in [5.74, 6) is -0.558. The van der Waals surface area contributed by atoms with Gasteiger partial charge in [0.25, 0.3) is 0 Å². The SMILES string of the molecule is NC(C(=O)NCC1(c2ccc(F)cc2Cl)CCCC1)C1CCN(C(=O)Nc2ccncc2)CC1. The molecule has 0 spiro atoms. The van der Waals surface area contributed by atoms with Crippen molar-refractivity contribution in [3.05, 3.63) is 59.1 Å². The van der Waals surface area contributed by atoms with Crippen molar-refractivity contribution < 1.29 is 14.0 Å². The molecule has 1 aromatic heterocycles. The Morgan fingerprint density at radius 2 is 1.85 bits per heavy atom. The molecule has 1 unspecified atom stereocenters. The summed E-state index contributed by atoms with van der Waals surface area (Å²) in [6.07, 6.45) is 8.42. The fourth-order valence-electron chi connectivity index (χ4n) is 5.20. The van der Waals surface area contributed by atoms with Crippen molar-refractivity contribution in [3.8, 4) is 0 Å². The number of nitrogens with two attached hydrogens (primary N) is 1. The van der Waals surface area contributed by atoms with Gasteiger partial charge in [0.1, 0.15) is 5.82 Å². The lowest BCUT2D eigenvalue weighted by molar-refractivity contribution is -0.124. The first-order valence-electron chi connectivity index (χ1n) is 11.8. The predicted molar refractivity (Wildman–Crippen MR) is 130 cm³/mol. The van der Waals surface area contributed by atoms with E-state index in [1.54, 1.807) is 35.5 Å². The molecule has 1 atom stereocenters. The quantitative estimate of drug-likeness (QED) is 0.571. The largest absolute Gasteiger partial charge is 0.354 e. The number of hydrogen-bond donors (Lipinski definition) is 3. The Bertz CT molecular complexity index is 1010. The average Bonchev–Trinajstić information content (AvgIpc) is 3.32. The molecule has 1 aliphatic heterocycles. The number of nitrogens with zero attached hydrogens (tertiary/aromatic N) is 2. The van der Waals surface area contributed by atoms with Crippen LogP contribution in [0.25, 0.3) is 0 Å². The molecular formula is C25H31ClFN5O2. The number of hydrogen-bond acceptors (Lipinski definition) is 4. The lowest BCUT2D eigenvalue weighted by Gasteiger charge is -2.35. The summed E-state index contributed by atoms with van der Waals surface area (Å²) in [5, 5.41) is 6.32. The highest BCUT2D eigenvalue weighted by Crippen LogP contribution is 2.43. The van der Waals surface area contributed by atoms with Crippen molar-refractivity contribution in [1.82, 2.24) is 15.2 Å². The van der Waals surface area contributed by atoms with Gasteiger partial charge in [-0.3, -0.25) is 9.78 Å². The van der Waals surface area contributed by atoms with E-state index in [4.69, 9.17) is 17.3 Å². The van der Waals surface area contributed by atoms with Crippen molar-refractivity contribution in [2.24, 2.45) is 11.7 Å². The Morgan fingerprint density at radius 1 is 1.18 bits per heavy atom. The zero-order valence-electron chi connectivity index (χ0n) is 19.1. The van der Waals surface area contributed by atoms with E-state index in [0.29, 0.717) is 43.2 Å². The molecule has 9 heteroatoms. The van der Waals surface area contributed by atoms with E-state index in [1.807, 2.05) is 0 Å². The molecule has 1 saturated heterocycles. The number of likely N-dealkylation sites (tertiary alicyclic amines) is 1. The van der Waals surface area contributed by atoms with Gasteiger partial charge in [0.05, 0.1) is 6.04 Å². The fourth-order valence-corrected chi connectivity index (χ4v) is 5.57. The van der Waals surface area contributed by atoms with Crippen LogP contribution in [0, 0.1) is 11.7 Å². The summed E-state index contributed by atoms with van der Waals surface area (Å²) in [4.78, 5) is 31.1. The molecule has 2 heterocycles. The van der Waals surface area contributed by atoms with E-state index in [0.717, 1.165) is 31.2 Å². The van der Waals surface area contributed by atoms with Gasteiger partial charge < -0.3 is 21.3 Å². The molecule has 4 rings (SSSR count). The number of halogens is 2. The molecule has 0 bridgehead atoms. The zero-order chi connectivity index (χ0) is 24.1. The van der Waals surface area contributed by atoms with E-state index < -0.39 is 6.04 Å². The van der Waals surface area contributed by atoms with E-state index >= 15 is 0 Å². The summed E-state index contributed by atoms with van der Waals surface area (Å²) in [7, 11) is 0. The van der Waals surface area contributed by atoms with Crippen LogP contribution in [0.1, 0.15) is 44.1 Å². The normalized spacial score (nSPS) is 19.0. The van der Waals surface area contributed by atoms with Gasteiger partial charge in [0.15, 0.2) is 0 Å². The van der Waals surface area contributed by atoms with Crippen LogP contribution >= 0.6 is 11.6 Å². The average molecular weight is 488 g/mol. The topological polar surface area (TPSA) is 100 Å². The molecule has 3 amide bonds. The van der Waals surface area contributed by atoms with Gasteiger partial charge in [-0.1, -0.05) is 30.5 Å². The van der Waals surface area contributed by atoms with Crippen molar-refractivity contribution in [2.75, 3.05) is 25.0 Å². The number of anilines is 1. The van der Waals surface area contributed by atoms with Crippen LogP contribution in [0.5, 0.6) is 0 Å². The summed E-state index contributed by atoms with van der Waals surface area (Å²) in [5.41, 5.74) is 7.62. The van der Waals surface area contributed by atoms with Crippen molar-refractivity contribution >= 4 is 29.2 Å². The number of amides is 3. The molecule has 4 N–H and O–H groups in total. The number of nitrogens with one attached hydrogen (secondary N) is 2. The number of pyridine rings is 1. The summed E-state index contributed by atoms with van der Waals surface area (Å²) < 4.78 is 13.6. The van der Waals surface area contributed by atoms with Gasteiger partial charge in [-0.05, 0) is 61.4 Å². The van der Waals surface area contributed by atoms with Gasteiger partial charge in [0, 0.05) is 48.2 Å². The molecule has 2 aromatic rings. The maximum absolute atomic E-state index is 13.6. The van der Waals surface area contributed by atoms with Gasteiger partial charge in [0.2, 0.25) is 5.91 Å². The minimum atomic E-state index is -0.646. The standard InChI is InChI=1S/C25H31ClFN5O2/c26-21-15-18(27)3-4-20(21)25(9-1-2-10-25)16-30-23(33)22(28)17-7-13-32(14-8-17)24(34)31-19-5-11-29-12-6-19/h3-6,11-12,15,17,22H,1-2,7-10,13-14,16,28H2,(H,30,33)(H,29,31,34). The number of urea groups is 1. The van der Waals surface area contributed by atoms with Gasteiger partial charge in [-0.15, -0.1) is 0 Å². The molecule has 34 heavy (non-hydrogen) atoms. The van der Waals surface area contributed by atoms with Gasteiger partial charge >= 0.3 is 6.03 Å². The van der Waals surface area contributed by atoms with Crippen molar-refractivity contribution in [1.29, 1.82) is 0 Å². The summed E-state index contributed by atoms with van der Waals surface area (Å²) in [6, 6.07) is 7.16. The maximum atomic E-state index is 13.6. The van der Waals surface area contributed by atoms with Crippen molar-refractivity contribution in [3.63, 3.8) is 0 Å². The third kappa shape index (κ3) is 5.50. The Labute approximate surface area is 204 Å². The molecule has 2 fully saturated rings. The molecule has 1 saturated carbocycles. The van der Waals surface area contributed by atoms with Gasteiger partial charge in [-0.25, -0.2) is 9.18 Å². The zero-order valence-corrected chi connectivity index (χ0v) is 19.9. The second-order valence-electron chi connectivity index (χ2n) is 9.35. The maximum Gasteiger partial charge on any atom is 0.321 e. The minimum absolute atomic E-state index is 0.00101. The molecule has 1 aliphatic carbocycles. The number of aromatic nitrogens is 1. The number of carbonyl (C=O) groups excluding carboxylic acids is 2. The second kappa shape index (κ2) is 10.7. The first kappa shape index (κ1) is 24.4. The lowest BCUT2D eigenvalue weighted by Crippen LogP contribution is -2.52. The first-order valence-corrected chi connectivity index (χ1v) is 12.2. The summed E-state index contributed by atoms with van der Waals surface area (Å²) >= 11 is 6.37. The van der Waals surface area contributed by atoms with Gasteiger partial charge in [-0.2, -0.15) is 0 Å². The van der Waals surface area contributed by atoms with Crippen LogP contribution in [0.15, 0.2) is 42.7 Å². The minimum Gasteiger partial charge on any atom is -0.354 e. The Balaban J connectivity index is 1.30. The van der Waals surface area contributed by atoms with Crippen LogP contribution < -0.4 is 16.4 Å².